The second kappa shape index (κ2) is 6.47. The molecule has 0 aliphatic heterocycles. The van der Waals surface area contributed by atoms with Gasteiger partial charge in [0, 0.05) is 21.0 Å². The van der Waals surface area contributed by atoms with Gasteiger partial charge in [-0.3, -0.25) is 4.79 Å². The third kappa shape index (κ3) is 3.64. The summed E-state index contributed by atoms with van der Waals surface area (Å²) in [6.45, 7) is 0. The highest BCUT2D eigenvalue weighted by atomic mass is 35.5. The van der Waals surface area contributed by atoms with Crippen molar-refractivity contribution in [2.75, 3.05) is 6.26 Å². The molecule has 0 spiro atoms. The fourth-order valence-electron chi connectivity index (χ4n) is 1.56. The van der Waals surface area contributed by atoms with Gasteiger partial charge < -0.3 is 0 Å². The quantitative estimate of drug-likeness (QED) is 0.465. The van der Waals surface area contributed by atoms with Crippen molar-refractivity contribution in [1.29, 1.82) is 0 Å². The molecule has 2 aromatic rings. The summed E-state index contributed by atoms with van der Waals surface area (Å²) in [5.41, 5.74) is 1.43. The molecule has 1 nitrogen and oxygen atoms in total. The number of halogens is 1. The molecule has 2 aromatic carbocycles. The van der Waals surface area contributed by atoms with E-state index >= 15 is 0 Å². The Morgan fingerprint density at radius 1 is 1.11 bits per heavy atom. The van der Waals surface area contributed by atoms with Gasteiger partial charge >= 0.3 is 0 Å². The van der Waals surface area contributed by atoms with Crippen LogP contribution in [0, 0.1) is 11.8 Å². The van der Waals surface area contributed by atoms with Crippen LogP contribution in [0.15, 0.2) is 53.4 Å². The molecule has 94 valence electrons. The minimum absolute atomic E-state index is 0.167. The second-order valence-corrected chi connectivity index (χ2v) is 5.07. The number of hydrogen-bond donors (Lipinski definition) is 0. The van der Waals surface area contributed by atoms with E-state index in [0.29, 0.717) is 10.6 Å². The van der Waals surface area contributed by atoms with Crippen molar-refractivity contribution in [1.82, 2.24) is 0 Å². The number of carbonyl (C=O) groups is 1. The zero-order chi connectivity index (χ0) is 13.7. The van der Waals surface area contributed by atoms with Gasteiger partial charge in [0.25, 0.3) is 0 Å². The number of rotatable bonds is 2. The van der Waals surface area contributed by atoms with E-state index in [1.54, 1.807) is 42.1 Å². The zero-order valence-electron chi connectivity index (χ0n) is 10.3. The third-order valence-corrected chi connectivity index (χ3v) is 3.56. The molecule has 3 heteroatoms. The molecule has 0 fully saturated rings. The highest BCUT2D eigenvalue weighted by Gasteiger charge is 2.06. The number of thioether (sulfide) groups is 1. The molecule has 0 aliphatic rings. The molecule has 0 N–H and O–H groups in total. The van der Waals surface area contributed by atoms with E-state index in [0.717, 1.165) is 10.5 Å². The molecule has 0 bridgehead atoms. The van der Waals surface area contributed by atoms with Crippen LogP contribution in [-0.2, 0) is 0 Å². The van der Waals surface area contributed by atoms with Crippen molar-refractivity contribution in [3.63, 3.8) is 0 Å². The van der Waals surface area contributed by atoms with Crippen molar-refractivity contribution in [2.45, 2.75) is 4.90 Å². The maximum Gasteiger partial charge on any atom is 0.237 e. The van der Waals surface area contributed by atoms with Crippen LogP contribution >= 0.6 is 23.4 Å². The highest BCUT2D eigenvalue weighted by Crippen LogP contribution is 2.20. The van der Waals surface area contributed by atoms with E-state index in [1.165, 1.54) is 0 Å². The monoisotopic (exact) mass is 286 g/mol. The number of hydrogen-bond acceptors (Lipinski definition) is 2. The minimum Gasteiger partial charge on any atom is -0.279 e. The lowest BCUT2D eigenvalue weighted by Crippen LogP contribution is -1.97. The molecule has 0 amide bonds. The maximum atomic E-state index is 12.1. The van der Waals surface area contributed by atoms with E-state index < -0.39 is 0 Å². The average molecular weight is 287 g/mol. The summed E-state index contributed by atoms with van der Waals surface area (Å²) in [7, 11) is 0. The highest BCUT2D eigenvalue weighted by molar-refractivity contribution is 7.98. The first-order valence-electron chi connectivity index (χ1n) is 5.65. The first-order valence-corrected chi connectivity index (χ1v) is 7.26. The number of Topliss-reactive ketones (excluding diaryl/α,β-unsaturated/α-hetero) is 1. The van der Waals surface area contributed by atoms with Gasteiger partial charge in [0.05, 0.1) is 0 Å². The van der Waals surface area contributed by atoms with Crippen molar-refractivity contribution < 1.29 is 4.79 Å². The zero-order valence-corrected chi connectivity index (χ0v) is 11.9. The lowest BCUT2D eigenvalue weighted by molar-refractivity contribution is 0.105. The van der Waals surface area contributed by atoms with Crippen molar-refractivity contribution in [2.24, 2.45) is 0 Å². The van der Waals surface area contributed by atoms with E-state index in [-0.39, 0.29) is 5.78 Å². The molecular formula is C16H11ClOS. The topological polar surface area (TPSA) is 17.1 Å². The van der Waals surface area contributed by atoms with Crippen LogP contribution in [0.2, 0.25) is 5.02 Å². The van der Waals surface area contributed by atoms with Crippen LogP contribution in [-0.4, -0.2) is 12.0 Å². The molecule has 0 unspecified atom stereocenters. The van der Waals surface area contributed by atoms with E-state index in [1.807, 2.05) is 24.5 Å². The Labute approximate surface area is 122 Å². The molecule has 2 rings (SSSR count). The lowest BCUT2D eigenvalue weighted by Gasteiger charge is -2.01. The van der Waals surface area contributed by atoms with Crippen LogP contribution in [0.4, 0.5) is 0 Å². The number of ketones is 1. The predicted octanol–water partition coefficient (Wildman–Crippen LogP) is 4.30. The first kappa shape index (κ1) is 13.7. The largest absolute Gasteiger partial charge is 0.279 e. The van der Waals surface area contributed by atoms with Gasteiger partial charge in [0.1, 0.15) is 0 Å². The van der Waals surface area contributed by atoms with E-state index in [4.69, 9.17) is 11.6 Å². The third-order valence-electron chi connectivity index (χ3n) is 2.52. The summed E-state index contributed by atoms with van der Waals surface area (Å²) in [4.78, 5) is 13.0. The van der Waals surface area contributed by atoms with Crippen LogP contribution < -0.4 is 0 Å². The summed E-state index contributed by atoms with van der Waals surface area (Å²) in [5, 5.41) is 0.657. The van der Waals surface area contributed by atoms with E-state index in [9.17, 15) is 4.79 Å². The van der Waals surface area contributed by atoms with Gasteiger partial charge in [-0.15, -0.1) is 11.8 Å². The van der Waals surface area contributed by atoms with Crippen LogP contribution in [0.25, 0.3) is 0 Å². The fraction of sp³-hybridized carbons (Fsp3) is 0.0625. The summed E-state index contributed by atoms with van der Waals surface area (Å²) >= 11 is 7.33. The van der Waals surface area contributed by atoms with Gasteiger partial charge in [-0.2, -0.15) is 0 Å². The van der Waals surface area contributed by atoms with Crippen LogP contribution in [0.3, 0.4) is 0 Å². The van der Waals surface area contributed by atoms with Crippen molar-refractivity contribution in [3.8, 4) is 11.8 Å². The molecule has 0 aliphatic carbocycles. The molecule has 0 aromatic heterocycles. The average Bonchev–Trinajstić information content (AvgIpc) is 2.46. The molecule has 0 heterocycles. The summed E-state index contributed by atoms with van der Waals surface area (Å²) < 4.78 is 0. The summed E-state index contributed by atoms with van der Waals surface area (Å²) in [6, 6.07) is 14.6. The number of carbonyl (C=O) groups excluding carboxylic acids is 1. The predicted molar refractivity (Wildman–Crippen MR) is 80.9 cm³/mol. The SMILES string of the molecule is CSc1ccccc1C(=O)C#Cc1ccc(Cl)cc1. The van der Waals surface area contributed by atoms with Gasteiger partial charge in [-0.1, -0.05) is 29.7 Å². The Morgan fingerprint density at radius 2 is 1.79 bits per heavy atom. The normalized spacial score (nSPS) is 9.58. The Bertz CT molecular complexity index is 650. The molecule has 0 radical (unpaired) electrons. The second-order valence-electron chi connectivity index (χ2n) is 3.79. The summed E-state index contributed by atoms with van der Waals surface area (Å²) in [6.07, 6.45) is 1.94. The van der Waals surface area contributed by atoms with Gasteiger partial charge in [0.15, 0.2) is 0 Å². The Morgan fingerprint density at radius 3 is 2.47 bits per heavy atom. The molecular weight excluding hydrogens is 276 g/mol. The van der Waals surface area contributed by atoms with Crippen LogP contribution in [0.1, 0.15) is 15.9 Å². The first-order chi connectivity index (χ1) is 9.20. The molecule has 0 saturated heterocycles. The molecule has 0 atom stereocenters. The Balaban J connectivity index is 2.24. The van der Waals surface area contributed by atoms with Crippen molar-refractivity contribution >= 4 is 29.1 Å². The lowest BCUT2D eigenvalue weighted by atomic mass is 10.1. The minimum atomic E-state index is -0.167. The Kier molecular flexibility index (Phi) is 4.68. The fourth-order valence-corrected chi connectivity index (χ4v) is 2.28. The molecule has 0 saturated carbocycles. The van der Waals surface area contributed by atoms with Gasteiger partial charge in [0.2, 0.25) is 5.78 Å². The Hall–Kier alpha value is -1.69. The summed E-state index contributed by atoms with van der Waals surface area (Å²) in [5.74, 6) is 5.35. The smallest absolute Gasteiger partial charge is 0.237 e. The maximum absolute atomic E-state index is 12.1. The van der Waals surface area contributed by atoms with Gasteiger partial charge in [-0.25, -0.2) is 0 Å². The number of benzene rings is 2. The van der Waals surface area contributed by atoms with Crippen molar-refractivity contribution in [3.05, 3.63) is 64.7 Å². The van der Waals surface area contributed by atoms with E-state index in [2.05, 4.69) is 11.8 Å². The van der Waals surface area contributed by atoms with Gasteiger partial charge in [-0.05, 0) is 48.6 Å². The standard InChI is InChI=1S/C16H11ClOS/c1-19-16-5-3-2-4-14(16)15(18)11-8-12-6-9-13(17)10-7-12/h2-7,9-10H,1H3. The molecule has 19 heavy (non-hydrogen) atoms. The van der Waals surface area contributed by atoms with Crippen LogP contribution in [0.5, 0.6) is 0 Å².